The summed E-state index contributed by atoms with van der Waals surface area (Å²) in [6.45, 7) is 6.20. The van der Waals surface area contributed by atoms with Crippen molar-refractivity contribution < 1.29 is 14.3 Å². The van der Waals surface area contributed by atoms with E-state index in [2.05, 4.69) is 5.32 Å². The third-order valence-electron chi connectivity index (χ3n) is 4.33. The Hall–Kier alpha value is -2.89. The molecule has 0 unspecified atom stereocenters. The van der Waals surface area contributed by atoms with Crippen LogP contribution in [0.4, 0.5) is 10.7 Å². The third kappa shape index (κ3) is 4.88. The molecule has 2 aromatic rings. The van der Waals surface area contributed by atoms with E-state index in [1.807, 2.05) is 38.1 Å². The molecule has 1 amide bonds. The lowest BCUT2D eigenvalue weighted by atomic mass is 10.1. The van der Waals surface area contributed by atoms with Gasteiger partial charge in [0.05, 0.1) is 18.7 Å². The summed E-state index contributed by atoms with van der Waals surface area (Å²) >= 11 is 1.03. The van der Waals surface area contributed by atoms with Crippen molar-refractivity contribution in [2.75, 3.05) is 31.2 Å². The quantitative estimate of drug-likeness (QED) is 0.692. The minimum Gasteiger partial charge on any atom is -0.462 e. The molecule has 2 rings (SSSR count). The average molecular weight is 401 g/mol. The van der Waals surface area contributed by atoms with E-state index in [1.165, 1.54) is 0 Å². The number of nitrogens with one attached hydrogen (secondary N) is 1. The third-order valence-corrected chi connectivity index (χ3v) is 5.37. The fourth-order valence-corrected chi connectivity index (χ4v) is 3.69. The fourth-order valence-electron chi connectivity index (χ4n) is 2.77. The van der Waals surface area contributed by atoms with Crippen molar-refractivity contribution >= 4 is 33.9 Å². The fraction of sp³-hybridized carbons (Fsp3) is 0.350. The highest BCUT2D eigenvalue weighted by Gasteiger charge is 2.24. The van der Waals surface area contributed by atoms with Crippen LogP contribution < -0.4 is 11.1 Å². The van der Waals surface area contributed by atoms with Crippen molar-refractivity contribution in [1.29, 1.82) is 5.26 Å². The number of nitrogens with two attached hydrogens (primary N) is 1. The summed E-state index contributed by atoms with van der Waals surface area (Å²) in [5.41, 5.74) is 9.51. The summed E-state index contributed by atoms with van der Waals surface area (Å²) in [6, 6.07) is 7.77. The van der Waals surface area contributed by atoms with Crippen LogP contribution in [0.25, 0.3) is 0 Å². The van der Waals surface area contributed by atoms with Gasteiger partial charge in [-0.05, 0) is 45.0 Å². The topological polar surface area (TPSA) is 108 Å². The van der Waals surface area contributed by atoms with E-state index >= 15 is 0 Å². The van der Waals surface area contributed by atoms with E-state index in [1.54, 1.807) is 18.9 Å². The van der Waals surface area contributed by atoms with Gasteiger partial charge < -0.3 is 15.8 Å². The van der Waals surface area contributed by atoms with Crippen LogP contribution in [0.3, 0.4) is 0 Å². The van der Waals surface area contributed by atoms with E-state index in [9.17, 15) is 14.9 Å². The first-order valence-electron chi connectivity index (χ1n) is 8.81. The number of likely N-dealkylation sites (N-methyl/N-ethyl adjacent to an activating group) is 1. The SMILES string of the molecule is CCOC(=O)c1sc(N)c(C#N)c1CN(C)CC(=O)Nc1cccc(C)c1C. The molecule has 8 heteroatoms. The molecule has 0 spiro atoms. The van der Waals surface area contributed by atoms with Crippen molar-refractivity contribution in [2.24, 2.45) is 0 Å². The van der Waals surface area contributed by atoms with Gasteiger partial charge in [0.25, 0.3) is 0 Å². The Balaban J connectivity index is 2.13. The smallest absolute Gasteiger partial charge is 0.348 e. The molecule has 3 N–H and O–H groups in total. The molecule has 0 fully saturated rings. The summed E-state index contributed by atoms with van der Waals surface area (Å²) in [6.07, 6.45) is 0. The van der Waals surface area contributed by atoms with Gasteiger partial charge in [-0.1, -0.05) is 12.1 Å². The summed E-state index contributed by atoms with van der Waals surface area (Å²) in [7, 11) is 1.74. The second-order valence-electron chi connectivity index (χ2n) is 6.45. The van der Waals surface area contributed by atoms with E-state index in [4.69, 9.17) is 10.5 Å². The van der Waals surface area contributed by atoms with Crippen LogP contribution >= 0.6 is 11.3 Å². The number of hydrogen-bond donors (Lipinski definition) is 2. The Morgan fingerprint density at radius 3 is 2.71 bits per heavy atom. The van der Waals surface area contributed by atoms with E-state index in [0.717, 1.165) is 28.2 Å². The number of amides is 1. The van der Waals surface area contributed by atoms with E-state index < -0.39 is 5.97 Å². The second kappa shape index (κ2) is 9.35. The van der Waals surface area contributed by atoms with Gasteiger partial charge >= 0.3 is 5.97 Å². The Labute approximate surface area is 168 Å². The number of hydrogen-bond acceptors (Lipinski definition) is 7. The lowest BCUT2D eigenvalue weighted by Gasteiger charge is -2.18. The molecule has 0 saturated carbocycles. The maximum absolute atomic E-state index is 12.4. The summed E-state index contributed by atoms with van der Waals surface area (Å²) < 4.78 is 5.06. The Kier molecular flexibility index (Phi) is 7.15. The highest BCUT2D eigenvalue weighted by molar-refractivity contribution is 7.18. The van der Waals surface area contributed by atoms with Gasteiger partial charge in [0.1, 0.15) is 15.9 Å². The largest absolute Gasteiger partial charge is 0.462 e. The van der Waals surface area contributed by atoms with Gasteiger partial charge in [-0.15, -0.1) is 11.3 Å². The molecule has 1 aromatic heterocycles. The molecule has 7 nitrogen and oxygen atoms in total. The second-order valence-corrected chi connectivity index (χ2v) is 7.50. The van der Waals surface area contributed by atoms with Gasteiger partial charge in [-0.2, -0.15) is 5.26 Å². The molecular weight excluding hydrogens is 376 g/mol. The predicted molar refractivity (Wildman–Crippen MR) is 110 cm³/mol. The number of nitriles is 1. The number of anilines is 2. The van der Waals surface area contributed by atoms with Crippen molar-refractivity contribution in [1.82, 2.24) is 4.90 Å². The first-order valence-corrected chi connectivity index (χ1v) is 9.63. The molecule has 0 aliphatic rings. The zero-order chi connectivity index (χ0) is 20.8. The van der Waals surface area contributed by atoms with Gasteiger partial charge in [0, 0.05) is 17.8 Å². The van der Waals surface area contributed by atoms with Crippen molar-refractivity contribution in [3.63, 3.8) is 0 Å². The minimum atomic E-state index is -0.510. The van der Waals surface area contributed by atoms with Crippen LogP contribution in [0.5, 0.6) is 0 Å². The maximum Gasteiger partial charge on any atom is 0.348 e. The number of nitrogen functional groups attached to an aromatic ring is 1. The Bertz CT molecular complexity index is 930. The van der Waals surface area contributed by atoms with Crippen LogP contribution in [0, 0.1) is 25.2 Å². The van der Waals surface area contributed by atoms with Gasteiger partial charge in [0.15, 0.2) is 0 Å². The monoisotopic (exact) mass is 400 g/mol. The summed E-state index contributed by atoms with van der Waals surface area (Å²) in [4.78, 5) is 26.6. The molecule has 1 heterocycles. The van der Waals surface area contributed by atoms with Crippen LogP contribution in [-0.4, -0.2) is 37.0 Å². The molecule has 0 saturated heterocycles. The molecule has 0 atom stereocenters. The predicted octanol–water partition coefficient (Wildman–Crippen LogP) is 3.07. The number of esters is 1. The van der Waals surface area contributed by atoms with E-state index in [0.29, 0.717) is 10.4 Å². The van der Waals surface area contributed by atoms with Gasteiger partial charge in [0.2, 0.25) is 5.91 Å². The van der Waals surface area contributed by atoms with Gasteiger partial charge in [-0.25, -0.2) is 4.79 Å². The molecule has 0 bridgehead atoms. The highest BCUT2D eigenvalue weighted by Crippen LogP contribution is 2.32. The highest BCUT2D eigenvalue weighted by atomic mass is 32.1. The normalized spacial score (nSPS) is 10.6. The molecule has 28 heavy (non-hydrogen) atoms. The first-order chi connectivity index (χ1) is 13.3. The zero-order valence-corrected chi connectivity index (χ0v) is 17.3. The number of carbonyl (C=O) groups excluding carboxylic acids is 2. The molecule has 148 valence electrons. The van der Waals surface area contributed by atoms with Crippen LogP contribution in [0.1, 0.15) is 38.8 Å². The Morgan fingerprint density at radius 2 is 2.07 bits per heavy atom. The van der Waals surface area contributed by atoms with Crippen LogP contribution in [0.2, 0.25) is 0 Å². The molecule has 0 aliphatic carbocycles. The number of ether oxygens (including phenoxy) is 1. The summed E-state index contributed by atoms with van der Waals surface area (Å²) in [5.74, 6) is -0.695. The first kappa shape index (κ1) is 21.4. The number of thiophene rings is 1. The number of rotatable bonds is 7. The maximum atomic E-state index is 12.4. The molecule has 1 aromatic carbocycles. The summed E-state index contributed by atoms with van der Waals surface area (Å²) in [5, 5.41) is 12.6. The number of benzene rings is 1. The number of carbonyl (C=O) groups is 2. The van der Waals surface area contributed by atoms with Crippen molar-refractivity contribution in [3.05, 3.63) is 45.3 Å². The number of nitrogens with zero attached hydrogens (tertiary/aromatic N) is 2. The van der Waals surface area contributed by atoms with Crippen LogP contribution in [0.15, 0.2) is 18.2 Å². The lowest BCUT2D eigenvalue weighted by molar-refractivity contribution is -0.117. The Morgan fingerprint density at radius 1 is 1.36 bits per heavy atom. The molecule has 0 radical (unpaired) electrons. The van der Waals surface area contributed by atoms with E-state index in [-0.39, 0.29) is 36.2 Å². The van der Waals surface area contributed by atoms with Crippen LogP contribution in [-0.2, 0) is 16.1 Å². The average Bonchev–Trinajstić information content (AvgIpc) is 2.94. The lowest BCUT2D eigenvalue weighted by Crippen LogP contribution is -2.30. The minimum absolute atomic E-state index is 0.0935. The number of aryl methyl sites for hydroxylation is 1. The van der Waals surface area contributed by atoms with Gasteiger partial charge in [-0.3, -0.25) is 9.69 Å². The molecular formula is C20H24N4O3S. The van der Waals surface area contributed by atoms with Crippen molar-refractivity contribution in [3.8, 4) is 6.07 Å². The molecule has 0 aliphatic heterocycles. The zero-order valence-electron chi connectivity index (χ0n) is 16.5. The standard InChI is InChI=1S/C20H24N4O3S/c1-5-27-20(26)18-15(14(9-21)19(22)28-18)10-24(4)11-17(25)23-16-8-6-7-12(2)13(16)3/h6-8H,5,10-11,22H2,1-4H3,(H,23,25). The van der Waals surface area contributed by atoms with Crippen molar-refractivity contribution in [2.45, 2.75) is 27.3 Å².